The minimum Gasteiger partial charge on any atom is -0.344 e. The number of anilines is 1. The lowest BCUT2D eigenvalue weighted by Crippen LogP contribution is -2.44. The third kappa shape index (κ3) is 3.85. The van der Waals surface area contributed by atoms with Crippen LogP contribution in [0.4, 0.5) is 5.69 Å². The molecule has 0 aliphatic heterocycles. The molecule has 1 heterocycles. The molecule has 86 valence electrons. The minimum atomic E-state index is -0.666. The molecule has 7 heteroatoms. The maximum absolute atomic E-state index is 11.6. The Kier molecular flexibility index (Phi) is 4.71. The second kappa shape index (κ2) is 6.06. The van der Waals surface area contributed by atoms with Crippen LogP contribution in [0.5, 0.6) is 0 Å². The van der Waals surface area contributed by atoms with E-state index < -0.39 is 6.04 Å². The fraction of sp³-hybridized carbons (Fsp3) is 0.333. The predicted molar refractivity (Wildman–Crippen MR) is 62.1 cm³/mol. The second-order valence-electron chi connectivity index (χ2n) is 3.05. The Morgan fingerprint density at radius 2 is 2.06 bits per heavy atom. The molecular weight excluding hydrogens is 228 g/mol. The summed E-state index contributed by atoms with van der Waals surface area (Å²) in [5.74, 6) is -0.405. The molecule has 6 nitrogen and oxygen atoms in total. The number of thiol groups is 1. The standard InChI is InChI=1S/C9H12N4O2S/c1-6(14)12-8(4-16)9(15)13-7-2-10-5-11-3-7/h2-3,5,8,16H,4H2,1H3,(H,12,14)(H,13,15). The summed E-state index contributed by atoms with van der Waals surface area (Å²) in [5, 5.41) is 5.05. The number of carbonyl (C=O) groups excluding carboxylic acids is 2. The van der Waals surface area contributed by atoms with E-state index in [1.807, 2.05) is 0 Å². The SMILES string of the molecule is CC(=O)NC(CS)C(=O)Nc1cncnc1. The van der Waals surface area contributed by atoms with E-state index in [0.717, 1.165) is 0 Å². The molecule has 0 fully saturated rings. The summed E-state index contributed by atoms with van der Waals surface area (Å²) < 4.78 is 0. The van der Waals surface area contributed by atoms with E-state index in [1.54, 1.807) is 0 Å². The van der Waals surface area contributed by atoms with E-state index in [1.165, 1.54) is 25.6 Å². The topological polar surface area (TPSA) is 84.0 Å². The average Bonchev–Trinajstić information content (AvgIpc) is 2.26. The Morgan fingerprint density at radius 3 is 2.56 bits per heavy atom. The maximum Gasteiger partial charge on any atom is 0.247 e. The number of nitrogens with zero attached hydrogens (tertiary/aromatic N) is 2. The zero-order valence-corrected chi connectivity index (χ0v) is 9.57. The van der Waals surface area contributed by atoms with Gasteiger partial charge in [0, 0.05) is 12.7 Å². The number of rotatable bonds is 4. The molecule has 0 radical (unpaired) electrons. The van der Waals surface area contributed by atoms with Gasteiger partial charge in [-0.1, -0.05) is 0 Å². The zero-order chi connectivity index (χ0) is 12.0. The highest BCUT2D eigenvalue weighted by atomic mass is 32.1. The number of nitrogens with one attached hydrogen (secondary N) is 2. The van der Waals surface area contributed by atoms with Gasteiger partial charge in [0.2, 0.25) is 11.8 Å². The lowest BCUT2D eigenvalue weighted by atomic mass is 10.3. The first kappa shape index (κ1) is 12.4. The van der Waals surface area contributed by atoms with Crippen molar-refractivity contribution in [2.75, 3.05) is 11.1 Å². The van der Waals surface area contributed by atoms with E-state index in [-0.39, 0.29) is 17.6 Å². The van der Waals surface area contributed by atoms with E-state index in [9.17, 15) is 9.59 Å². The predicted octanol–water partition coefficient (Wildman–Crippen LogP) is -0.150. The fourth-order valence-electron chi connectivity index (χ4n) is 1.03. The summed E-state index contributed by atoms with van der Waals surface area (Å²) >= 11 is 3.99. The normalized spacial score (nSPS) is 11.6. The van der Waals surface area contributed by atoms with E-state index in [4.69, 9.17) is 0 Å². The molecule has 0 saturated heterocycles. The summed E-state index contributed by atoms with van der Waals surface area (Å²) in [5.41, 5.74) is 0.477. The Hall–Kier alpha value is -1.63. The van der Waals surface area contributed by atoms with Crippen LogP contribution in [-0.2, 0) is 9.59 Å². The van der Waals surface area contributed by atoms with Gasteiger partial charge in [-0.15, -0.1) is 0 Å². The van der Waals surface area contributed by atoms with Crippen molar-refractivity contribution in [3.05, 3.63) is 18.7 Å². The molecule has 0 saturated carbocycles. The molecule has 0 aliphatic rings. The summed E-state index contributed by atoms with van der Waals surface area (Å²) in [7, 11) is 0. The number of aromatic nitrogens is 2. The van der Waals surface area contributed by atoms with Crippen LogP contribution in [0, 0.1) is 0 Å². The van der Waals surface area contributed by atoms with Gasteiger partial charge in [-0.3, -0.25) is 9.59 Å². The average molecular weight is 240 g/mol. The molecule has 0 aromatic carbocycles. The van der Waals surface area contributed by atoms with Crippen LogP contribution in [-0.4, -0.2) is 33.6 Å². The first-order chi connectivity index (χ1) is 7.63. The van der Waals surface area contributed by atoms with Crippen molar-refractivity contribution < 1.29 is 9.59 Å². The Bertz CT molecular complexity index is 371. The molecule has 2 N–H and O–H groups in total. The molecule has 1 unspecified atom stereocenters. The summed E-state index contributed by atoms with van der Waals surface area (Å²) in [6, 6.07) is -0.666. The third-order valence-corrected chi connectivity index (χ3v) is 2.07. The van der Waals surface area contributed by atoms with Gasteiger partial charge in [-0.05, 0) is 0 Å². The monoisotopic (exact) mass is 240 g/mol. The maximum atomic E-state index is 11.6. The number of hydrogen-bond donors (Lipinski definition) is 3. The van der Waals surface area contributed by atoms with Crippen molar-refractivity contribution in [3.8, 4) is 0 Å². The minimum absolute atomic E-state index is 0.221. The number of carbonyl (C=O) groups is 2. The van der Waals surface area contributed by atoms with Crippen LogP contribution < -0.4 is 10.6 Å². The molecule has 0 spiro atoms. The fourth-order valence-corrected chi connectivity index (χ4v) is 1.29. The van der Waals surface area contributed by atoms with Gasteiger partial charge in [0.1, 0.15) is 12.4 Å². The largest absolute Gasteiger partial charge is 0.344 e. The molecule has 2 amide bonds. The van der Waals surface area contributed by atoms with Crippen LogP contribution in [0.3, 0.4) is 0 Å². The van der Waals surface area contributed by atoms with Crippen LogP contribution in [0.15, 0.2) is 18.7 Å². The van der Waals surface area contributed by atoms with Gasteiger partial charge >= 0.3 is 0 Å². The van der Waals surface area contributed by atoms with Crippen molar-refractivity contribution in [3.63, 3.8) is 0 Å². The van der Waals surface area contributed by atoms with E-state index >= 15 is 0 Å². The summed E-state index contributed by atoms with van der Waals surface area (Å²) in [6.07, 6.45) is 4.29. The van der Waals surface area contributed by atoms with Crippen LogP contribution in [0.2, 0.25) is 0 Å². The Balaban J connectivity index is 2.59. The smallest absolute Gasteiger partial charge is 0.247 e. The lowest BCUT2D eigenvalue weighted by molar-refractivity contribution is -0.124. The second-order valence-corrected chi connectivity index (χ2v) is 3.42. The van der Waals surface area contributed by atoms with Crippen LogP contribution in [0.1, 0.15) is 6.92 Å². The quantitative estimate of drug-likeness (QED) is 0.639. The van der Waals surface area contributed by atoms with Gasteiger partial charge in [-0.25, -0.2) is 9.97 Å². The van der Waals surface area contributed by atoms with E-state index in [0.29, 0.717) is 5.69 Å². The van der Waals surface area contributed by atoms with Gasteiger partial charge in [0.25, 0.3) is 0 Å². The van der Waals surface area contributed by atoms with E-state index in [2.05, 4.69) is 33.2 Å². The number of amides is 2. The van der Waals surface area contributed by atoms with Gasteiger partial charge < -0.3 is 10.6 Å². The molecular formula is C9H12N4O2S. The first-order valence-electron chi connectivity index (χ1n) is 4.57. The van der Waals surface area contributed by atoms with Crippen molar-refractivity contribution in [2.45, 2.75) is 13.0 Å². The molecule has 1 aromatic heterocycles. The first-order valence-corrected chi connectivity index (χ1v) is 5.20. The highest BCUT2D eigenvalue weighted by Crippen LogP contribution is 2.02. The van der Waals surface area contributed by atoms with Crippen LogP contribution >= 0.6 is 12.6 Å². The summed E-state index contributed by atoms with van der Waals surface area (Å²) in [6.45, 7) is 1.34. The lowest BCUT2D eigenvalue weighted by Gasteiger charge is -2.14. The molecule has 0 bridgehead atoms. The van der Waals surface area contributed by atoms with Crippen molar-refractivity contribution in [1.82, 2.24) is 15.3 Å². The van der Waals surface area contributed by atoms with Gasteiger partial charge in [-0.2, -0.15) is 12.6 Å². The molecule has 1 atom stereocenters. The summed E-state index contributed by atoms with van der Waals surface area (Å²) in [4.78, 5) is 30.0. The molecule has 1 aromatic rings. The number of hydrogen-bond acceptors (Lipinski definition) is 5. The van der Waals surface area contributed by atoms with Crippen LogP contribution in [0.25, 0.3) is 0 Å². The van der Waals surface area contributed by atoms with Crippen molar-refractivity contribution in [2.24, 2.45) is 0 Å². The Morgan fingerprint density at radius 1 is 1.44 bits per heavy atom. The molecule has 16 heavy (non-hydrogen) atoms. The van der Waals surface area contributed by atoms with Crippen molar-refractivity contribution in [1.29, 1.82) is 0 Å². The Labute approximate surface area is 98.3 Å². The van der Waals surface area contributed by atoms with Crippen molar-refractivity contribution >= 4 is 30.1 Å². The molecule has 0 aliphatic carbocycles. The highest BCUT2D eigenvalue weighted by Gasteiger charge is 2.17. The van der Waals surface area contributed by atoms with Gasteiger partial charge in [0.15, 0.2) is 0 Å². The highest BCUT2D eigenvalue weighted by molar-refractivity contribution is 7.80. The third-order valence-electron chi connectivity index (χ3n) is 1.70. The molecule has 1 rings (SSSR count). The zero-order valence-electron chi connectivity index (χ0n) is 8.67. The van der Waals surface area contributed by atoms with Gasteiger partial charge in [0.05, 0.1) is 18.1 Å².